The number of nitrogens with zero attached hydrogens (tertiary/aromatic N) is 2. The smallest absolute Gasteiger partial charge is 0.318 e. The van der Waals surface area contributed by atoms with Gasteiger partial charge < -0.3 is 30.2 Å². The number of aromatic amines is 1. The van der Waals surface area contributed by atoms with Crippen molar-refractivity contribution in [3.05, 3.63) is 95.7 Å². The Morgan fingerprint density at radius 1 is 1.02 bits per heavy atom. The average molecular weight is 568 g/mol. The van der Waals surface area contributed by atoms with Gasteiger partial charge in [0.05, 0.1) is 12.8 Å². The number of carbonyl (C=O) groups is 2. The molecule has 0 spiro atoms. The highest BCUT2D eigenvalue weighted by atomic mass is 16.5. The minimum Gasteiger partial charge on any atom is -0.495 e. The maximum atomic E-state index is 14.0. The van der Waals surface area contributed by atoms with Crippen molar-refractivity contribution in [2.75, 3.05) is 39.6 Å². The number of amides is 3. The fourth-order valence-electron chi connectivity index (χ4n) is 5.96. The number of ether oxygens (including phenoxy) is 1. The Morgan fingerprint density at radius 3 is 2.45 bits per heavy atom. The number of para-hydroxylation sites is 1. The third-order valence-corrected chi connectivity index (χ3v) is 8.25. The number of urea groups is 1. The lowest BCUT2D eigenvalue weighted by Gasteiger charge is -2.34. The number of nitrogens with one attached hydrogen (secondary N) is 3. The summed E-state index contributed by atoms with van der Waals surface area (Å²) in [6.45, 7) is 3.99. The second-order valence-electron chi connectivity index (χ2n) is 11.4. The molecule has 2 atom stereocenters. The van der Waals surface area contributed by atoms with Gasteiger partial charge in [-0.2, -0.15) is 0 Å². The van der Waals surface area contributed by atoms with Crippen LogP contribution in [-0.2, 0) is 11.3 Å². The van der Waals surface area contributed by atoms with Crippen molar-refractivity contribution in [3.8, 4) is 5.75 Å². The van der Waals surface area contributed by atoms with Gasteiger partial charge in [0.1, 0.15) is 11.8 Å². The Morgan fingerprint density at radius 2 is 1.74 bits per heavy atom. The van der Waals surface area contributed by atoms with Gasteiger partial charge in [0, 0.05) is 42.7 Å². The van der Waals surface area contributed by atoms with Gasteiger partial charge >= 0.3 is 6.03 Å². The second kappa shape index (κ2) is 13.1. The molecule has 1 aliphatic heterocycles. The van der Waals surface area contributed by atoms with Gasteiger partial charge in [-0.25, -0.2) is 4.79 Å². The van der Waals surface area contributed by atoms with E-state index in [0.717, 1.165) is 41.4 Å². The SMILES string of the molecule is COc1ccc(CN(C)C)cc1NC(=O)[C@H](NC(=O)N1CCC(c2ccccc2)CC1)[C@@H](C)c1c[nH]c2ccccc12. The number of hydrogen-bond acceptors (Lipinski definition) is 4. The van der Waals surface area contributed by atoms with E-state index in [1.54, 1.807) is 7.11 Å². The molecule has 0 saturated carbocycles. The molecule has 1 saturated heterocycles. The first-order valence-electron chi connectivity index (χ1n) is 14.6. The van der Waals surface area contributed by atoms with Crippen LogP contribution in [0.25, 0.3) is 10.9 Å². The van der Waals surface area contributed by atoms with Gasteiger partial charge in [-0.15, -0.1) is 0 Å². The maximum absolute atomic E-state index is 14.0. The molecule has 2 heterocycles. The first-order valence-corrected chi connectivity index (χ1v) is 14.6. The highest BCUT2D eigenvalue weighted by Gasteiger charge is 2.33. The fourth-order valence-corrected chi connectivity index (χ4v) is 5.96. The quantitative estimate of drug-likeness (QED) is 0.234. The molecule has 0 unspecified atom stereocenters. The van der Waals surface area contributed by atoms with Crippen LogP contribution in [0.5, 0.6) is 5.75 Å². The molecule has 220 valence electrons. The zero-order chi connectivity index (χ0) is 29.6. The van der Waals surface area contributed by atoms with Crippen molar-refractivity contribution in [1.29, 1.82) is 0 Å². The van der Waals surface area contributed by atoms with Crippen LogP contribution in [0.15, 0.2) is 79.0 Å². The predicted octanol–water partition coefficient (Wildman–Crippen LogP) is 5.94. The molecular formula is C34H41N5O3. The van der Waals surface area contributed by atoms with Crippen molar-refractivity contribution in [3.63, 3.8) is 0 Å². The van der Waals surface area contributed by atoms with Gasteiger partial charge in [0.2, 0.25) is 5.91 Å². The third kappa shape index (κ3) is 6.60. The molecule has 3 aromatic carbocycles. The number of anilines is 1. The molecule has 0 aliphatic carbocycles. The molecule has 3 amide bonds. The molecule has 0 radical (unpaired) electrons. The number of rotatable bonds is 9. The van der Waals surface area contributed by atoms with E-state index in [0.29, 0.717) is 30.4 Å². The number of piperidine rings is 1. The van der Waals surface area contributed by atoms with Gasteiger partial charge in [-0.05, 0) is 67.7 Å². The highest BCUT2D eigenvalue weighted by Crippen LogP contribution is 2.32. The number of carbonyl (C=O) groups excluding carboxylic acids is 2. The van der Waals surface area contributed by atoms with E-state index in [1.165, 1.54) is 5.56 Å². The van der Waals surface area contributed by atoms with E-state index >= 15 is 0 Å². The summed E-state index contributed by atoms with van der Waals surface area (Å²) in [4.78, 5) is 34.9. The molecule has 42 heavy (non-hydrogen) atoms. The standard InChI is InChI=1S/C34H41N5O3/c1-23(28-21-35-29-13-9-8-12-27(28)29)32(33(40)36-30-20-24(22-38(2)3)14-15-31(30)42-4)37-34(41)39-18-16-26(17-19-39)25-10-6-5-7-11-25/h5-15,20-21,23,26,32,35H,16-19,22H2,1-4H3,(H,36,40)(H,37,41)/t23-,32+/m0/s1. The van der Waals surface area contributed by atoms with Gasteiger partial charge in [0.25, 0.3) is 0 Å². The van der Waals surface area contributed by atoms with Crippen LogP contribution in [0.1, 0.15) is 48.3 Å². The zero-order valence-electron chi connectivity index (χ0n) is 24.9. The summed E-state index contributed by atoms with van der Waals surface area (Å²) in [6.07, 6.45) is 3.72. The Hall–Kier alpha value is -4.30. The van der Waals surface area contributed by atoms with E-state index in [9.17, 15) is 9.59 Å². The van der Waals surface area contributed by atoms with Crippen LogP contribution in [0.4, 0.5) is 10.5 Å². The zero-order valence-corrected chi connectivity index (χ0v) is 24.9. The van der Waals surface area contributed by atoms with E-state index in [1.807, 2.05) is 80.6 Å². The highest BCUT2D eigenvalue weighted by molar-refractivity contribution is 5.99. The summed E-state index contributed by atoms with van der Waals surface area (Å²) >= 11 is 0. The summed E-state index contributed by atoms with van der Waals surface area (Å²) in [7, 11) is 5.59. The van der Waals surface area contributed by atoms with Crippen molar-refractivity contribution in [2.24, 2.45) is 0 Å². The lowest BCUT2D eigenvalue weighted by atomic mass is 9.89. The second-order valence-corrected chi connectivity index (χ2v) is 11.4. The molecule has 0 bridgehead atoms. The van der Waals surface area contributed by atoms with Crippen LogP contribution >= 0.6 is 0 Å². The van der Waals surface area contributed by atoms with Crippen LogP contribution < -0.4 is 15.4 Å². The summed E-state index contributed by atoms with van der Waals surface area (Å²) in [6, 6.07) is 23.2. The first-order chi connectivity index (χ1) is 20.3. The van der Waals surface area contributed by atoms with Crippen molar-refractivity contribution >= 4 is 28.5 Å². The van der Waals surface area contributed by atoms with Crippen LogP contribution in [0.3, 0.4) is 0 Å². The number of fused-ring (bicyclic) bond motifs is 1. The Kier molecular flexibility index (Phi) is 9.12. The van der Waals surface area contributed by atoms with Gasteiger partial charge in [0.15, 0.2) is 0 Å². The summed E-state index contributed by atoms with van der Waals surface area (Å²) < 4.78 is 5.57. The molecule has 8 heteroatoms. The number of hydrogen-bond donors (Lipinski definition) is 3. The molecule has 3 N–H and O–H groups in total. The fraction of sp³-hybridized carbons (Fsp3) is 0.353. The van der Waals surface area contributed by atoms with E-state index in [2.05, 4.69) is 44.8 Å². The molecule has 1 aliphatic rings. The summed E-state index contributed by atoms with van der Waals surface area (Å²) in [5.41, 5.74) is 4.90. The number of likely N-dealkylation sites (tertiary alicyclic amines) is 1. The summed E-state index contributed by atoms with van der Waals surface area (Å²) in [5.74, 6) is 0.406. The van der Waals surface area contributed by atoms with E-state index < -0.39 is 6.04 Å². The van der Waals surface area contributed by atoms with Crippen LogP contribution in [0.2, 0.25) is 0 Å². The topological polar surface area (TPSA) is 89.7 Å². The van der Waals surface area contributed by atoms with Gasteiger partial charge in [-0.1, -0.05) is 61.5 Å². The first kappa shape index (κ1) is 29.2. The maximum Gasteiger partial charge on any atom is 0.318 e. The number of benzene rings is 3. The van der Waals surface area contributed by atoms with Crippen molar-refractivity contribution < 1.29 is 14.3 Å². The van der Waals surface area contributed by atoms with Gasteiger partial charge in [-0.3, -0.25) is 4.79 Å². The molecule has 8 nitrogen and oxygen atoms in total. The number of H-pyrrole nitrogens is 1. The van der Waals surface area contributed by atoms with Crippen LogP contribution in [0, 0.1) is 0 Å². The minimum absolute atomic E-state index is 0.221. The predicted molar refractivity (Wildman–Crippen MR) is 168 cm³/mol. The van der Waals surface area contributed by atoms with E-state index in [4.69, 9.17) is 4.74 Å². The Balaban J connectivity index is 1.37. The monoisotopic (exact) mass is 567 g/mol. The molecule has 1 aromatic heterocycles. The molecule has 1 fully saturated rings. The van der Waals surface area contributed by atoms with Crippen molar-refractivity contribution in [1.82, 2.24) is 20.1 Å². The average Bonchev–Trinajstić information content (AvgIpc) is 3.44. The number of aromatic nitrogens is 1. The Bertz CT molecular complexity index is 1510. The number of methoxy groups -OCH3 is 1. The van der Waals surface area contributed by atoms with Crippen LogP contribution in [-0.4, -0.2) is 67.1 Å². The third-order valence-electron chi connectivity index (χ3n) is 8.25. The summed E-state index contributed by atoms with van der Waals surface area (Å²) in [5, 5.41) is 7.22. The Labute approximate surface area is 248 Å². The molecular weight excluding hydrogens is 526 g/mol. The lowest BCUT2D eigenvalue weighted by molar-refractivity contribution is -0.118. The lowest BCUT2D eigenvalue weighted by Crippen LogP contribution is -2.53. The normalized spacial score (nSPS) is 15.4. The van der Waals surface area contributed by atoms with E-state index in [-0.39, 0.29) is 17.9 Å². The van der Waals surface area contributed by atoms with Crippen molar-refractivity contribution in [2.45, 2.75) is 44.2 Å². The molecule has 5 rings (SSSR count). The largest absolute Gasteiger partial charge is 0.495 e. The molecule has 4 aromatic rings. The minimum atomic E-state index is -0.814.